The van der Waals surface area contributed by atoms with E-state index in [4.69, 9.17) is 9.47 Å². The molecule has 1 fully saturated rings. The molecule has 8 nitrogen and oxygen atoms in total. The summed E-state index contributed by atoms with van der Waals surface area (Å²) in [7, 11) is 1.53. The van der Waals surface area contributed by atoms with Crippen LogP contribution in [-0.4, -0.2) is 34.6 Å². The third-order valence-electron chi connectivity index (χ3n) is 6.28. The summed E-state index contributed by atoms with van der Waals surface area (Å²) < 4.78 is 12.4. The monoisotopic (exact) mass is 483 g/mol. The van der Waals surface area contributed by atoms with Crippen LogP contribution >= 0.6 is 11.3 Å². The molecule has 180 valence electrons. The lowest BCUT2D eigenvalue weighted by Gasteiger charge is -2.21. The second kappa shape index (κ2) is 10.4. The number of fused-ring (bicyclic) bond motifs is 1. The summed E-state index contributed by atoms with van der Waals surface area (Å²) in [4.78, 5) is 44.6. The first-order valence-electron chi connectivity index (χ1n) is 11.6. The minimum absolute atomic E-state index is 0.0707. The van der Waals surface area contributed by atoms with Gasteiger partial charge in [0.15, 0.2) is 0 Å². The van der Waals surface area contributed by atoms with E-state index in [1.54, 1.807) is 25.1 Å². The highest BCUT2D eigenvalue weighted by Crippen LogP contribution is 2.30. The molecule has 1 atom stereocenters. The van der Waals surface area contributed by atoms with Gasteiger partial charge in [0.1, 0.15) is 27.6 Å². The summed E-state index contributed by atoms with van der Waals surface area (Å²) in [6.45, 7) is 3.57. The van der Waals surface area contributed by atoms with E-state index in [0.29, 0.717) is 38.5 Å². The second-order valence-electron chi connectivity index (χ2n) is 8.47. The van der Waals surface area contributed by atoms with Crippen molar-refractivity contribution in [3.8, 4) is 5.75 Å². The molecule has 1 unspecified atom stereocenters. The van der Waals surface area contributed by atoms with Crippen LogP contribution in [0.5, 0.6) is 5.75 Å². The lowest BCUT2D eigenvalue weighted by Crippen LogP contribution is -2.33. The molecule has 0 aliphatic heterocycles. The van der Waals surface area contributed by atoms with Gasteiger partial charge in [-0.1, -0.05) is 25.5 Å². The van der Waals surface area contributed by atoms with Gasteiger partial charge in [-0.05, 0) is 56.7 Å². The topological polar surface area (TPSA) is 99.5 Å². The summed E-state index contributed by atoms with van der Waals surface area (Å²) in [6, 6.07) is 6.32. The number of hydrogen-bond donors (Lipinski definition) is 1. The Morgan fingerprint density at radius 3 is 2.68 bits per heavy atom. The minimum atomic E-state index is -0.772. The van der Waals surface area contributed by atoms with Gasteiger partial charge in [0.25, 0.3) is 5.56 Å². The lowest BCUT2D eigenvalue weighted by atomic mass is 9.98. The highest BCUT2D eigenvalue weighted by Gasteiger charge is 2.27. The van der Waals surface area contributed by atoms with Crippen LogP contribution < -0.4 is 15.6 Å². The molecule has 34 heavy (non-hydrogen) atoms. The maximum atomic E-state index is 13.4. The molecule has 1 aromatic carbocycles. The molecule has 1 aliphatic rings. The maximum absolute atomic E-state index is 13.4. The number of amides is 1. The summed E-state index contributed by atoms with van der Waals surface area (Å²) >= 11 is 1.16. The quantitative estimate of drug-likeness (QED) is 0.482. The fraction of sp³-hybridized carbons (Fsp3) is 0.440. The highest BCUT2D eigenvalue weighted by atomic mass is 32.1. The molecule has 2 aromatic heterocycles. The van der Waals surface area contributed by atoms with Crippen LogP contribution in [0.15, 0.2) is 35.4 Å². The van der Waals surface area contributed by atoms with Crippen LogP contribution in [0.2, 0.25) is 0 Å². The number of anilines is 1. The van der Waals surface area contributed by atoms with Crippen molar-refractivity contribution in [1.82, 2.24) is 9.55 Å². The molecule has 3 aromatic rings. The average molecular weight is 484 g/mol. The van der Waals surface area contributed by atoms with Gasteiger partial charge in [0, 0.05) is 0 Å². The smallest absolute Gasteiger partial charge is 0.348 e. The van der Waals surface area contributed by atoms with Crippen molar-refractivity contribution >= 4 is 39.1 Å². The van der Waals surface area contributed by atoms with E-state index in [9.17, 15) is 14.4 Å². The van der Waals surface area contributed by atoms with E-state index in [0.717, 1.165) is 37.0 Å². The Labute approximate surface area is 201 Å². The molecule has 4 rings (SSSR count). The van der Waals surface area contributed by atoms with Crippen LogP contribution in [0.4, 0.5) is 5.69 Å². The Morgan fingerprint density at radius 1 is 1.24 bits per heavy atom. The lowest BCUT2D eigenvalue weighted by molar-refractivity contribution is -0.119. The zero-order valence-corrected chi connectivity index (χ0v) is 20.4. The van der Waals surface area contributed by atoms with Gasteiger partial charge in [-0.15, -0.1) is 11.3 Å². The van der Waals surface area contributed by atoms with Crippen LogP contribution in [0.1, 0.15) is 66.7 Å². The fourth-order valence-corrected chi connectivity index (χ4v) is 5.44. The summed E-state index contributed by atoms with van der Waals surface area (Å²) in [6.07, 6.45) is 6.73. The molecular formula is C25H29N3O5S. The van der Waals surface area contributed by atoms with Crippen molar-refractivity contribution in [3.63, 3.8) is 0 Å². The number of aryl methyl sites for hydroxylation is 1. The van der Waals surface area contributed by atoms with Gasteiger partial charge in [-0.2, -0.15) is 0 Å². The van der Waals surface area contributed by atoms with Crippen molar-refractivity contribution in [2.75, 3.05) is 12.4 Å². The fourth-order valence-electron chi connectivity index (χ4n) is 4.41. The Hall–Kier alpha value is -3.20. The third kappa shape index (κ3) is 4.70. The predicted molar refractivity (Wildman–Crippen MR) is 132 cm³/mol. The molecule has 2 heterocycles. The Balaban J connectivity index is 1.63. The maximum Gasteiger partial charge on any atom is 0.348 e. The van der Waals surface area contributed by atoms with E-state index in [1.165, 1.54) is 24.4 Å². The number of rotatable bonds is 7. The number of carbonyl (C=O) groups excluding carboxylic acids is 2. The van der Waals surface area contributed by atoms with Crippen molar-refractivity contribution < 1.29 is 19.1 Å². The first kappa shape index (κ1) is 23.9. The molecule has 0 bridgehead atoms. The zero-order valence-electron chi connectivity index (χ0n) is 19.6. The highest BCUT2D eigenvalue weighted by molar-refractivity contribution is 7.20. The van der Waals surface area contributed by atoms with Gasteiger partial charge in [-0.3, -0.25) is 14.2 Å². The molecule has 1 aliphatic carbocycles. The van der Waals surface area contributed by atoms with Crippen LogP contribution in [0, 0.1) is 6.92 Å². The molecule has 9 heteroatoms. The van der Waals surface area contributed by atoms with Gasteiger partial charge >= 0.3 is 5.97 Å². The summed E-state index contributed by atoms with van der Waals surface area (Å²) in [5.41, 5.74) is 0.722. The van der Waals surface area contributed by atoms with Gasteiger partial charge in [-0.25, -0.2) is 9.78 Å². The van der Waals surface area contributed by atoms with Crippen LogP contribution in [0.25, 0.3) is 10.2 Å². The average Bonchev–Trinajstić information content (AvgIpc) is 3.19. The summed E-state index contributed by atoms with van der Waals surface area (Å²) in [5, 5.41) is 3.20. The van der Waals surface area contributed by atoms with Crippen molar-refractivity contribution in [1.29, 1.82) is 0 Å². The van der Waals surface area contributed by atoms with Gasteiger partial charge in [0.2, 0.25) is 5.91 Å². The number of nitrogens with zero attached hydrogens (tertiary/aromatic N) is 2. The number of carbonyl (C=O) groups is 2. The Bertz CT molecular complexity index is 1260. The first-order chi connectivity index (χ1) is 16.4. The molecule has 1 amide bonds. The Morgan fingerprint density at radius 2 is 1.97 bits per heavy atom. The largest absolute Gasteiger partial charge is 0.495 e. The van der Waals surface area contributed by atoms with E-state index in [1.807, 2.05) is 13.0 Å². The number of ether oxygens (including phenoxy) is 2. The van der Waals surface area contributed by atoms with E-state index >= 15 is 0 Å². The van der Waals surface area contributed by atoms with Crippen LogP contribution in [-0.2, 0) is 9.53 Å². The number of para-hydroxylation sites is 2. The van der Waals surface area contributed by atoms with Gasteiger partial charge in [0.05, 0.1) is 24.5 Å². The molecule has 0 saturated heterocycles. The number of benzene rings is 1. The number of nitrogens with one attached hydrogen (secondary N) is 1. The van der Waals surface area contributed by atoms with Crippen molar-refractivity contribution in [3.05, 3.63) is 51.4 Å². The zero-order chi connectivity index (χ0) is 24.2. The Kier molecular flexibility index (Phi) is 7.31. The van der Waals surface area contributed by atoms with E-state index < -0.39 is 12.0 Å². The third-order valence-corrected chi connectivity index (χ3v) is 7.46. The second-order valence-corrected chi connectivity index (χ2v) is 9.47. The first-order valence-corrected chi connectivity index (χ1v) is 12.4. The van der Waals surface area contributed by atoms with Crippen LogP contribution in [0.3, 0.4) is 0 Å². The van der Waals surface area contributed by atoms with Crippen molar-refractivity contribution in [2.45, 2.75) is 64.5 Å². The number of methoxy groups -OCH3 is 1. The molecule has 0 radical (unpaired) electrons. The molecule has 0 spiro atoms. The predicted octanol–water partition coefficient (Wildman–Crippen LogP) is 4.85. The number of esters is 1. The van der Waals surface area contributed by atoms with Gasteiger partial charge < -0.3 is 14.8 Å². The molecule has 1 N–H and O–H groups in total. The standard InChI is InChI=1S/C25H29N3O5S/c1-4-18(22(29)27-17-12-8-9-13-19(17)32-3)28-14-26-23-20(24(28)30)15(2)21(34-23)25(31)33-16-10-6-5-7-11-16/h8-9,12-14,16,18H,4-7,10-11H2,1-3H3,(H,27,29). The van der Waals surface area contributed by atoms with Crippen molar-refractivity contribution in [2.24, 2.45) is 0 Å². The number of hydrogen-bond acceptors (Lipinski definition) is 7. The summed E-state index contributed by atoms with van der Waals surface area (Å²) in [5.74, 6) is -0.221. The number of aromatic nitrogens is 2. The number of thiophene rings is 1. The SMILES string of the molecule is CCC(C(=O)Nc1ccccc1OC)n1cnc2sc(C(=O)OC3CCCCC3)c(C)c2c1=O. The minimum Gasteiger partial charge on any atom is -0.495 e. The van der Waals surface area contributed by atoms with E-state index in [2.05, 4.69) is 10.3 Å². The normalized spacial score (nSPS) is 15.1. The molecular weight excluding hydrogens is 454 g/mol. The van der Waals surface area contributed by atoms with E-state index in [-0.39, 0.29) is 17.6 Å². The molecule has 1 saturated carbocycles.